The summed E-state index contributed by atoms with van der Waals surface area (Å²) < 4.78 is 6.78. The molecule has 148 valence electrons. The summed E-state index contributed by atoms with van der Waals surface area (Å²) in [6.45, 7) is 8.25. The van der Waals surface area contributed by atoms with Gasteiger partial charge in [-0.1, -0.05) is 45.0 Å². The number of nitrogens with one attached hydrogen (secondary N) is 1. The second-order valence-corrected chi connectivity index (χ2v) is 9.64. The highest BCUT2D eigenvalue weighted by molar-refractivity contribution is 8.00. The van der Waals surface area contributed by atoms with Crippen LogP contribution in [0.15, 0.2) is 39.1 Å². The van der Waals surface area contributed by atoms with Crippen LogP contribution in [0.1, 0.15) is 44.9 Å². The summed E-state index contributed by atoms with van der Waals surface area (Å²) in [6.07, 6.45) is 1.78. The minimum Gasteiger partial charge on any atom is -0.444 e. The quantitative estimate of drug-likeness (QED) is 0.560. The lowest BCUT2D eigenvalue weighted by Gasteiger charge is -2.13. The number of rotatable bonds is 6. The van der Waals surface area contributed by atoms with Crippen LogP contribution in [0.5, 0.6) is 0 Å². The topological polar surface area (TPSA) is 94.0 Å². The number of hydrogen-bond donors (Lipinski definition) is 2. The van der Waals surface area contributed by atoms with Crippen molar-refractivity contribution in [1.82, 2.24) is 9.97 Å². The van der Waals surface area contributed by atoms with Gasteiger partial charge in [0.2, 0.25) is 11.8 Å². The van der Waals surface area contributed by atoms with E-state index in [-0.39, 0.29) is 11.3 Å². The highest BCUT2D eigenvalue weighted by Gasteiger charge is 2.20. The van der Waals surface area contributed by atoms with E-state index in [0.29, 0.717) is 24.0 Å². The van der Waals surface area contributed by atoms with Crippen LogP contribution in [0, 0.1) is 0 Å². The van der Waals surface area contributed by atoms with E-state index in [9.17, 15) is 4.79 Å². The van der Waals surface area contributed by atoms with Crippen molar-refractivity contribution in [2.24, 2.45) is 5.73 Å². The molecular formula is C20H24N4O2S2. The Bertz CT molecular complexity index is 955. The number of amides is 1. The Morgan fingerprint density at radius 2 is 2.00 bits per heavy atom. The molecule has 0 aliphatic rings. The molecule has 1 aromatic carbocycles. The second kappa shape index (κ2) is 8.46. The van der Waals surface area contributed by atoms with Crippen molar-refractivity contribution in [3.05, 3.63) is 47.7 Å². The number of nitrogens with zero attached hydrogens (tertiary/aromatic N) is 2. The van der Waals surface area contributed by atoms with Crippen LogP contribution in [0.3, 0.4) is 0 Å². The molecule has 3 rings (SSSR count). The largest absolute Gasteiger partial charge is 0.444 e. The number of thiazole rings is 1. The van der Waals surface area contributed by atoms with Gasteiger partial charge in [0.25, 0.3) is 0 Å². The van der Waals surface area contributed by atoms with E-state index in [0.717, 1.165) is 26.1 Å². The maximum Gasteiger partial charge on any atom is 0.222 e. The maximum absolute atomic E-state index is 11.6. The number of thioether (sulfide) groups is 1. The minimum absolute atomic E-state index is 0.0788. The standard InChI is InChI=1S/C20H24N4O2S2/c1-12(25)23-17-19(27-11-16-22-10-15(26-16)20(2,3)4)28-18(24-17)14-7-5-13(9-21)6-8-14/h5-8,10H,9,11,21H2,1-4H3,(H,23,25). The fraction of sp³-hybridized carbons (Fsp3) is 0.350. The van der Waals surface area contributed by atoms with Crippen LogP contribution in [-0.2, 0) is 22.5 Å². The highest BCUT2D eigenvalue weighted by Crippen LogP contribution is 2.39. The number of anilines is 1. The molecule has 0 saturated heterocycles. The molecule has 0 aliphatic carbocycles. The van der Waals surface area contributed by atoms with Gasteiger partial charge < -0.3 is 15.5 Å². The molecule has 0 spiro atoms. The SMILES string of the molecule is CC(=O)Nc1nc(-c2ccc(CN)cc2)sc1SCc1ncc(C(C)(C)C)o1. The molecule has 0 aliphatic heterocycles. The molecule has 0 fully saturated rings. The number of carbonyl (C=O) groups is 1. The zero-order valence-electron chi connectivity index (χ0n) is 16.4. The summed E-state index contributed by atoms with van der Waals surface area (Å²) in [5.41, 5.74) is 7.65. The maximum atomic E-state index is 11.6. The molecule has 8 heteroatoms. The fourth-order valence-corrected chi connectivity index (χ4v) is 4.44. The van der Waals surface area contributed by atoms with E-state index >= 15 is 0 Å². The van der Waals surface area contributed by atoms with Crippen LogP contribution in [0.2, 0.25) is 0 Å². The monoisotopic (exact) mass is 416 g/mol. The zero-order chi connectivity index (χ0) is 20.3. The Morgan fingerprint density at radius 1 is 1.29 bits per heavy atom. The fourth-order valence-electron chi connectivity index (χ4n) is 2.41. The summed E-state index contributed by atoms with van der Waals surface area (Å²) in [5.74, 6) is 2.50. The first-order chi connectivity index (χ1) is 13.3. The lowest BCUT2D eigenvalue weighted by molar-refractivity contribution is -0.114. The van der Waals surface area contributed by atoms with Gasteiger partial charge in [0, 0.05) is 24.4 Å². The molecular weight excluding hydrogens is 392 g/mol. The summed E-state index contributed by atoms with van der Waals surface area (Å²) in [4.78, 5) is 20.6. The van der Waals surface area contributed by atoms with Crippen molar-refractivity contribution in [2.45, 2.75) is 49.6 Å². The van der Waals surface area contributed by atoms with E-state index in [1.165, 1.54) is 18.3 Å². The van der Waals surface area contributed by atoms with Crippen molar-refractivity contribution in [1.29, 1.82) is 0 Å². The van der Waals surface area contributed by atoms with Crippen LogP contribution < -0.4 is 11.1 Å². The van der Waals surface area contributed by atoms with E-state index in [4.69, 9.17) is 10.2 Å². The Kier molecular flexibility index (Phi) is 6.22. The molecule has 2 aromatic heterocycles. The van der Waals surface area contributed by atoms with Gasteiger partial charge in [-0.2, -0.15) is 0 Å². The summed E-state index contributed by atoms with van der Waals surface area (Å²) >= 11 is 3.09. The van der Waals surface area contributed by atoms with Crippen LogP contribution in [0.4, 0.5) is 5.82 Å². The Labute approximate surface area is 173 Å². The molecule has 1 amide bonds. The van der Waals surface area contributed by atoms with Gasteiger partial charge in [0.15, 0.2) is 5.82 Å². The van der Waals surface area contributed by atoms with E-state index in [2.05, 4.69) is 36.1 Å². The van der Waals surface area contributed by atoms with Gasteiger partial charge in [-0.05, 0) is 5.56 Å². The van der Waals surface area contributed by atoms with Gasteiger partial charge in [-0.3, -0.25) is 4.79 Å². The number of nitrogens with two attached hydrogens (primary N) is 1. The normalized spacial score (nSPS) is 11.6. The summed E-state index contributed by atoms with van der Waals surface area (Å²) in [5, 5.41) is 3.67. The van der Waals surface area contributed by atoms with Gasteiger partial charge in [-0.25, -0.2) is 9.97 Å². The van der Waals surface area contributed by atoms with Crippen LogP contribution >= 0.6 is 23.1 Å². The first-order valence-corrected chi connectivity index (χ1v) is 10.7. The highest BCUT2D eigenvalue weighted by atomic mass is 32.2. The van der Waals surface area contributed by atoms with Crippen molar-refractivity contribution >= 4 is 34.8 Å². The molecule has 2 heterocycles. The first-order valence-electron chi connectivity index (χ1n) is 8.92. The molecule has 28 heavy (non-hydrogen) atoms. The van der Waals surface area contributed by atoms with E-state index in [1.54, 1.807) is 18.0 Å². The number of oxazole rings is 1. The van der Waals surface area contributed by atoms with Crippen molar-refractivity contribution in [3.63, 3.8) is 0 Å². The Morgan fingerprint density at radius 3 is 2.57 bits per heavy atom. The van der Waals surface area contributed by atoms with Crippen molar-refractivity contribution in [2.75, 3.05) is 5.32 Å². The molecule has 0 saturated carbocycles. The molecule has 0 bridgehead atoms. The number of benzene rings is 1. The molecule has 0 atom stereocenters. The van der Waals surface area contributed by atoms with E-state index < -0.39 is 0 Å². The van der Waals surface area contributed by atoms with Gasteiger partial charge in [-0.15, -0.1) is 23.1 Å². The van der Waals surface area contributed by atoms with Crippen LogP contribution in [-0.4, -0.2) is 15.9 Å². The molecule has 3 N–H and O–H groups in total. The zero-order valence-corrected chi connectivity index (χ0v) is 18.0. The molecule has 0 unspecified atom stereocenters. The smallest absolute Gasteiger partial charge is 0.222 e. The van der Waals surface area contributed by atoms with E-state index in [1.807, 2.05) is 24.3 Å². The molecule has 3 aromatic rings. The lowest BCUT2D eigenvalue weighted by atomic mass is 9.94. The van der Waals surface area contributed by atoms with Crippen LogP contribution in [0.25, 0.3) is 10.6 Å². The first kappa shape index (κ1) is 20.6. The van der Waals surface area contributed by atoms with Gasteiger partial charge in [0.05, 0.1) is 11.9 Å². The Balaban J connectivity index is 1.81. The third-order valence-corrected chi connectivity index (χ3v) is 6.30. The second-order valence-electron chi connectivity index (χ2n) is 7.39. The van der Waals surface area contributed by atoms with Crippen molar-refractivity contribution in [3.8, 4) is 10.6 Å². The van der Waals surface area contributed by atoms with Gasteiger partial charge >= 0.3 is 0 Å². The molecule has 6 nitrogen and oxygen atoms in total. The number of carbonyl (C=O) groups excluding carboxylic acids is 1. The number of hydrogen-bond acceptors (Lipinski definition) is 7. The third-order valence-electron chi connectivity index (χ3n) is 3.95. The predicted octanol–water partition coefficient (Wildman–Crippen LogP) is 4.81. The summed E-state index contributed by atoms with van der Waals surface area (Å²) in [6, 6.07) is 7.97. The third kappa shape index (κ3) is 5.01. The predicted molar refractivity (Wildman–Crippen MR) is 115 cm³/mol. The average molecular weight is 417 g/mol. The van der Waals surface area contributed by atoms with Crippen molar-refractivity contribution < 1.29 is 9.21 Å². The Hall–Kier alpha value is -2.16. The lowest BCUT2D eigenvalue weighted by Crippen LogP contribution is -2.09. The minimum atomic E-state index is -0.150. The van der Waals surface area contributed by atoms with Gasteiger partial charge in [0.1, 0.15) is 15.0 Å². The summed E-state index contributed by atoms with van der Waals surface area (Å²) in [7, 11) is 0. The number of aromatic nitrogens is 2. The average Bonchev–Trinajstić information content (AvgIpc) is 3.26. The molecule has 0 radical (unpaired) electrons.